The van der Waals surface area contributed by atoms with Crippen molar-refractivity contribution in [3.05, 3.63) is 0 Å². The molecule has 1 aliphatic rings. The number of ether oxygens (including phenoxy) is 2. The summed E-state index contributed by atoms with van der Waals surface area (Å²) in [6, 6.07) is -0.00231. The summed E-state index contributed by atoms with van der Waals surface area (Å²) >= 11 is 0. The van der Waals surface area contributed by atoms with Gasteiger partial charge in [0.25, 0.3) is 0 Å². The van der Waals surface area contributed by atoms with Gasteiger partial charge < -0.3 is 15.2 Å². The second kappa shape index (κ2) is 2.44. The van der Waals surface area contributed by atoms with Crippen LogP contribution >= 0.6 is 0 Å². The van der Waals surface area contributed by atoms with Crippen LogP contribution in [0.25, 0.3) is 0 Å². The summed E-state index contributed by atoms with van der Waals surface area (Å²) in [6.07, 6.45) is -0.157. The van der Waals surface area contributed by atoms with Gasteiger partial charge in [0.05, 0.1) is 19.3 Å². The van der Waals surface area contributed by atoms with E-state index < -0.39 is 0 Å². The molecule has 0 aliphatic carbocycles. The van der Waals surface area contributed by atoms with E-state index in [0.29, 0.717) is 13.2 Å². The zero-order valence-electron chi connectivity index (χ0n) is 4.96. The zero-order chi connectivity index (χ0) is 5.98. The molecular weight excluding hydrogens is 106 g/mol. The Kier molecular flexibility index (Phi) is 1.83. The van der Waals surface area contributed by atoms with Crippen LogP contribution in [0.3, 0.4) is 0 Å². The van der Waals surface area contributed by atoms with Crippen molar-refractivity contribution in [2.45, 2.75) is 19.3 Å². The highest BCUT2D eigenvalue weighted by Gasteiger charge is 2.19. The molecule has 1 fully saturated rings. The van der Waals surface area contributed by atoms with Crippen molar-refractivity contribution < 1.29 is 9.47 Å². The average Bonchev–Trinajstić information content (AvgIpc) is 2.12. The van der Waals surface area contributed by atoms with E-state index in [4.69, 9.17) is 15.2 Å². The van der Waals surface area contributed by atoms with Crippen molar-refractivity contribution >= 4 is 0 Å². The normalized spacial score (nSPS) is 26.2. The fourth-order valence-corrected chi connectivity index (χ4v) is 0.680. The lowest BCUT2D eigenvalue weighted by atomic mass is 10.4. The largest absolute Gasteiger partial charge is 0.349 e. The molecule has 0 amide bonds. The average molecular weight is 117 g/mol. The van der Waals surface area contributed by atoms with Gasteiger partial charge in [0.15, 0.2) is 6.29 Å². The molecule has 0 saturated carbocycles. The Bertz CT molecular complexity index is 68.8. The fraction of sp³-hybridized carbons (Fsp3) is 1.00. The second-order valence-electron chi connectivity index (χ2n) is 1.97. The maximum absolute atomic E-state index is 5.45. The molecule has 0 spiro atoms. The topological polar surface area (TPSA) is 44.5 Å². The SMILES string of the molecule is C[C@@H](N)C1OCCO1. The smallest absolute Gasteiger partial charge is 0.172 e. The van der Waals surface area contributed by atoms with E-state index >= 15 is 0 Å². The Morgan fingerprint density at radius 2 is 2.00 bits per heavy atom. The summed E-state index contributed by atoms with van der Waals surface area (Å²) in [5.41, 5.74) is 5.45. The molecule has 3 heteroatoms. The molecule has 0 aromatic rings. The van der Waals surface area contributed by atoms with E-state index in [1.54, 1.807) is 0 Å². The Hall–Kier alpha value is -0.120. The minimum absolute atomic E-state index is 0.00231. The molecule has 1 heterocycles. The van der Waals surface area contributed by atoms with E-state index in [9.17, 15) is 0 Å². The third-order valence-corrected chi connectivity index (χ3v) is 1.08. The molecule has 48 valence electrons. The first-order valence-electron chi connectivity index (χ1n) is 2.79. The molecule has 1 atom stereocenters. The Balaban J connectivity index is 2.24. The van der Waals surface area contributed by atoms with Gasteiger partial charge in [-0.25, -0.2) is 0 Å². The molecule has 0 bridgehead atoms. The highest BCUT2D eigenvalue weighted by Crippen LogP contribution is 2.05. The summed E-state index contributed by atoms with van der Waals surface area (Å²) in [5, 5.41) is 0. The van der Waals surface area contributed by atoms with E-state index in [-0.39, 0.29) is 12.3 Å². The van der Waals surface area contributed by atoms with E-state index in [1.165, 1.54) is 0 Å². The number of hydrogen-bond acceptors (Lipinski definition) is 3. The van der Waals surface area contributed by atoms with Crippen LogP contribution in [0.1, 0.15) is 6.92 Å². The highest BCUT2D eigenvalue weighted by atomic mass is 16.7. The number of hydrogen-bond donors (Lipinski definition) is 1. The molecule has 0 unspecified atom stereocenters. The Labute approximate surface area is 48.8 Å². The monoisotopic (exact) mass is 117 g/mol. The van der Waals surface area contributed by atoms with Crippen LogP contribution in [0.2, 0.25) is 0 Å². The third kappa shape index (κ3) is 1.18. The van der Waals surface area contributed by atoms with Crippen molar-refractivity contribution in [2.75, 3.05) is 13.2 Å². The summed E-state index contributed by atoms with van der Waals surface area (Å²) in [6.45, 7) is 3.24. The molecule has 8 heavy (non-hydrogen) atoms. The molecule has 1 aliphatic heterocycles. The van der Waals surface area contributed by atoms with E-state index in [1.807, 2.05) is 6.92 Å². The first kappa shape index (κ1) is 6.01. The van der Waals surface area contributed by atoms with Crippen molar-refractivity contribution in [3.8, 4) is 0 Å². The van der Waals surface area contributed by atoms with Crippen molar-refractivity contribution in [3.63, 3.8) is 0 Å². The van der Waals surface area contributed by atoms with Gasteiger partial charge in [0.1, 0.15) is 0 Å². The van der Waals surface area contributed by atoms with Crippen LogP contribution < -0.4 is 5.73 Å². The second-order valence-corrected chi connectivity index (χ2v) is 1.97. The lowest BCUT2D eigenvalue weighted by Gasteiger charge is -2.11. The highest BCUT2D eigenvalue weighted by molar-refractivity contribution is 4.61. The minimum atomic E-state index is -0.157. The predicted molar refractivity (Wildman–Crippen MR) is 29.3 cm³/mol. The van der Waals surface area contributed by atoms with E-state index in [0.717, 1.165) is 0 Å². The summed E-state index contributed by atoms with van der Waals surface area (Å²) in [4.78, 5) is 0. The molecule has 0 aromatic carbocycles. The molecule has 1 rings (SSSR count). The molecule has 0 aromatic heterocycles. The van der Waals surface area contributed by atoms with Gasteiger partial charge in [-0.3, -0.25) is 0 Å². The van der Waals surface area contributed by atoms with Crippen molar-refractivity contribution in [1.82, 2.24) is 0 Å². The van der Waals surface area contributed by atoms with Crippen LogP contribution in [0, 0.1) is 0 Å². The quantitative estimate of drug-likeness (QED) is 0.513. The summed E-state index contributed by atoms with van der Waals surface area (Å²) in [7, 11) is 0. The third-order valence-electron chi connectivity index (χ3n) is 1.08. The van der Waals surface area contributed by atoms with E-state index in [2.05, 4.69) is 0 Å². The number of nitrogens with two attached hydrogens (primary N) is 1. The standard InChI is InChI=1S/C5H11NO2/c1-4(6)5-7-2-3-8-5/h4-5H,2-3,6H2,1H3/t4-/m1/s1. The van der Waals surface area contributed by atoms with Crippen LogP contribution in [0.4, 0.5) is 0 Å². The Morgan fingerprint density at radius 1 is 1.50 bits per heavy atom. The van der Waals surface area contributed by atoms with Gasteiger partial charge in [0, 0.05) is 0 Å². The van der Waals surface area contributed by atoms with Gasteiger partial charge in [-0.15, -0.1) is 0 Å². The minimum Gasteiger partial charge on any atom is -0.349 e. The van der Waals surface area contributed by atoms with Crippen LogP contribution in [-0.2, 0) is 9.47 Å². The van der Waals surface area contributed by atoms with Crippen molar-refractivity contribution in [2.24, 2.45) is 5.73 Å². The van der Waals surface area contributed by atoms with Gasteiger partial charge >= 0.3 is 0 Å². The zero-order valence-corrected chi connectivity index (χ0v) is 4.96. The number of rotatable bonds is 1. The lowest BCUT2D eigenvalue weighted by molar-refractivity contribution is -0.0548. The predicted octanol–water partition coefficient (Wildman–Crippen LogP) is -0.294. The van der Waals surface area contributed by atoms with Crippen molar-refractivity contribution in [1.29, 1.82) is 0 Å². The van der Waals surface area contributed by atoms with Crippen LogP contribution in [-0.4, -0.2) is 25.5 Å². The molecular formula is C5H11NO2. The molecule has 3 nitrogen and oxygen atoms in total. The first-order valence-corrected chi connectivity index (χ1v) is 2.79. The van der Waals surface area contributed by atoms with Crippen LogP contribution in [0.15, 0.2) is 0 Å². The maximum Gasteiger partial charge on any atom is 0.172 e. The first-order chi connectivity index (χ1) is 3.80. The summed E-state index contributed by atoms with van der Waals surface area (Å²) < 4.78 is 10.1. The van der Waals surface area contributed by atoms with Crippen LogP contribution in [0.5, 0.6) is 0 Å². The van der Waals surface area contributed by atoms with Gasteiger partial charge in [0.2, 0.25) is 0 Å². The Morgan fingerprint density at radius 3 is 2.25 bits per heavy atom. The molecule has 2 N–H and O–H groups in total. The van der Waals surface area contributed by atoms with Gasteiger partial charge in [-0.05, 0) is 6.92 Å². The van der Waals surface area contributed by atoms with Gasteiger partial charge in [-0.1, -0.05) is 0 Å². The van der Waals surface area contributed by atoms with Gasteiger partial charge in [-0.2, -0.15) is 0 Å². The molecule has 1 saturated heterocycles. The maximum atomic E-state index is 5.45. The summed E-state index contributed by atoms with van der Waals surface area (Å²) in [5.74, 6) is 0. The molecule has 0 radical (unpaired) electrons. The lowest BCUT2D eigenvalue weighted by Crippen LogP contribution is -2.31. The fourth-order valence-electron chi connectivity index (χ4n) is 0.680.